The normalized spacial score (nSPS) is 13.3. The summed E-state index contributed by atoms with van der Waals surface area (Å²) in [5, 5.41) is 9.76. The number of fused-ring (bicyclic) bond motifs is 1. The van der Waals surface area contributed by atoms with Crippen LogP contribution < -0.4 is 0 Å². The van der Waals surface area contributed by atoms with Crippen LogP contribution in [0.25, 0.3) is 16.8 Å². The summed E-state index contributed by atoms with van der Waals surface area (Å²) in [7, 11) is 0. The second-order valence-corrected chi connectivity index (χ2v) is 6.32. The summed E-state index contributed by atoms with van der Waals surface area (Å²) in [6, 6.07) is 11.9. The Kier molecular flexibility index (Phi) is 3.22. The second-order valence-electron chi connectivity index (χ2n) is 6.32. The van der Waals surface area contributed by atoms with Crippen LogP contribution in [0.2, 0.25) is 0 Å². The van der Waals surface area contributed by atoms with Crippen LogP contribution in [0, 0.1) is 13.8 Å². The lowest BCUT2D eigenvalue weighted by atomic mass is 10.1. The zero-order valence-corrected chi connectivity index (χ0v) is 13.5. The lowest BCUT2D eigenvalue weighted by molar-refractivity contribution is 0.475. The second kappa shape index (κ2) is 5.27. The lowest BCUT2D eigenvalue weighted by Crippen LogP contribution is -1.99. The molecule has 0 spiro atoms. The molecule has 3 heteroatoms. The van der Waals surface area contributed by atoms with Gasteiger partial charge in [0.1, 0.15) is 5.75 Å². The third kappa shape index (κ3) is 2.33. The van der Waals surface area contributed by atoms with E-state index in [4.69, 9.17) is 0 Å². The maximum absolute atomic E-state index is 9.76. The summed E-state index contributed by atoms with van der Waals surface area (Å²) >= 11 is 0. The molecule has 23 heavy (non-hydrogen) atoms. The highest BCUT2D eigenvalue weighted by Crippen LogP contribution is 2.32. The minimum absolute atomic E-state index is 0.288. The van der Waals surface area contributed by atoms with Crippen molar-refractivity contribution < 1.29 is 5.11 Å². The van der Waals surface area contributed by atoms with Crippen molar-refractivity contribution in [2.45, 2.75) is 33.1 Å². The van der Waals surface area contributed by atoms with E-state index in [1.807, 2.05) is 18.3 Å². The highest BCUT2D eigenvalue weighted by atomic mass is 16.3. The van der Waals surface area contributed by atoms with Crippen molar-refractivity contribution in [2.24, 2.45) is 0 Å². The van der Waals surface area contributed by atoms with E-state index in [-0.39, 0.29) is 5.75 Å². The number of aromatic nitrogens is 2. The number of hydrogen-bond acceptors (Lipinski definition) is 2. The third-order valence-corrected chi connectivity index (χ3v) is 4.75. The van der Waals surface area contributed by atoms with Crippen molar-refractivity contribution in [3.8, 4) is 22.6 Å². The largest absolute Gasteiger partial charge is 0.508 e. The molecule has 0 aliphatic heterocycles. The molecule has 3 nitrogen and oxygen atoms in total. The fourth-order valence-corrected chi connectivity index (χ4v) is 3.66. The first kappa shape index (κ1) is 14.1. The quantitative estimate of drug-likeness (QED) is 0.764. The van der Waals surface area contributed by atoms with Crippen molar-refractivity contribution in [2.75, 3.05) is 0 Å². The van der Waals surface area contributed by atoms with Crippen molar-refractivity contribution in [1.29, 1.82) is 0 Å². The predicted octanol–water partition coefficient (Wildman–Crippen LogP) is 4.35. The molecule has 0 saturated carbocycles. The Bertz CT molecular complexity index is 893. The van der Waals surface area contributed by atoms with Gasteiger partial charge in [0.05, 0.1) is 0 Å². The zero-order chi connectivity index (χ0) is 16.0. The van der Waals surface area contributed by atoms with Crippen LogP contribution in [-0.4, -0.2) is 14.7 Å². The Morgan fingerprint density at radius 1 is 1.09 bits per heavy atom. The molecule has 0 radical (unpaired) electrons. The lowest BCUT2D eigenvalue weighted by Gasteiger charge is -2.11. The Morgan fingerprint density at radius 3 is 2.78 bits per heavy atom. The van der Waals surface area contributed by atoms with Gasteiger partial charge in [0.15, 0.2) is 0 Å². The fraction of sp³-hybridized carbons (Fsp3) is 0.250. The van der Waals surface area contributed by atoms with Crippen molar-refractivity contribution >= 4 is 0 Å². The molecule has 0 amide bonds. The number of benzene rings is 1. The summed E-state index contributed by atoms with van der Waals surface area (Å²) in [5.74, 6) is 0.288. The van der Waals surface area contributed by atoms with Gasteiger partial charge in [0.25, 0.3) is 0 Å². The Morgan fingerprint density at radius 2 is 1.96 bits per heavy atom. The summed E-state index contributed by atoms with van der Waals surface area (Å²) in [4.78, 5) is 4.65. The van der Waals surface area contributed by atoms with Gasteiger partial charge in [-0.25, -0.2) is 0 Å². The van der Waals surface area contributed by atoms with Gasteiger partial charge in [-0.1, -0.05) is 6.07 Å². The average Bonchev–Trinajstić information content (AvgIpc) is 3.10. The van der Waals surface area contributed by atoms with Gasteiger partial charge in [-0.15, -0.1) is 0 Å². The smallest absolute Gasteiger partial charge is 0.117 e. The SMILES string of the molecule is Cc1cc(-c2cnc3c(c2)CCC3)c(C)n1-c1cccc(O)c1. The van der Waals surface area contributed by atoms with Gasteiger partial charge in [0.2, 0.25) is 0 Å². The van der Waals surface area contributed by atoms with E-state index in [2.05, 4.69) is 35.5 Å². The van der Waals surface area contributed by atoms with Crippen molar-refractivity contribution in [3.05, 3.63) is 65.2 Å². The number of hydrogen-bond donors (Lipinski definition) is 1. The third-order valence-electron chi connectivity index (χ3n) is 4.75. The molecular weight excluding hydrogens is 284 g/mol. The fourth-order valence-electron chi connectivity index (χ4n) is 3.66. The minimum Gasteiger partial charge on any atom is -0.508 e. The Labute approximate surface area is 136 Å². The highest BCUT2D eigenvalue weighted by molar-refractivity contribution is 5.69. The molecule has 1 aliphatic carbocycles. The van der Waals surface area contributed by atoms with Gasteiger partial charge >= 0.3 is 0 Å². The molecule has 0 saturated heterocycles. The number of aromatic hydroxyl groups is 1. The number of pyridine rings is 1. The molecule has 2 aromatic heterocycles. The van der Waals surface area contributed by atoms with E-state index in [0.717, 1.165) is 24.2 Å². The molecular formula is C20H20N2O. The number of phenols is 1. The summed E-state index contributed by atoms with van der Waals surface area (Å²) < 4.78 is 2.18. The maximum Gasteiger partial charge on any atom is 0.117 e. The van der Waals surface area contributed by atoms with Gasteiger partial charge in [-0.3, -0.25) is 4.98 Å². The van der Waals surface area contributed by atoms with E-state index in [1.54, 1.807) is 12.1 Å². The molecule has 0 atom stereocenters. The van der Waals surface area contributed by atoms with E-state index < -0.39 is 0 Å². The van der Waals surface area contributed by atoms with Gasteiger partial charge in [-0.2, -0.15) is 0 Å². The highest BCUT2D eigenvalue weighted by Gasteiger charge is 2.16. The summed E-state index contributed by atoms with van der Waals surface area (Å²) in [5.41, 5.74) is 8.37. The molecule has 1 aliphatic rings. The van der Waals surface area contributed by atoms with Crippen LogP contribution in [0.15, 0.2) is 42.6 Å². The van der Waals surface area contributed by atoms with Crippen LogP contribution >= 0.6 is 0 Å². The molecule has 2 heterocycles. The molecule has 1 N–H and O–H groups in total. The van der Waals surface area contributed by atoms with Gasteiger partial charge in [0, 0.05) is 46.2 Å². The monoisotopic (exact) mass is 304 g/mol. The van der Waals surface area contributed by atoms with E-state index in [0.29, 0.717) is 0 Å². The van der Waals surface area contributed by atoms with Crippen molar-refractivity contribution in [3.63, 3.8) is 0 Å². The van der Waals surface area contributed by atoms with Crippen LogP contribution in [-0.2, 0) is 12.8 Å². The minimum atomic E-state index is 0.288. The van der Waals surface area contributed by atoms with Crippen LogP contribution in [0.4, 0.5) is 0 Å². The Balaban J connectivity index is 1.84. The van der Waals surface area contributed by atoms with E-state index in [1.165, 1.54) is 34.5 Å². The van der Waals surface area contributed by atoms with Gasteiger partial charge < -0.3 is 9.67 Å². The summed E-state index contributed by atoms with van der Waals surface area (Å²) in [6.45, 7) is 4.22. The molecule has 1 aromatic carbocycles. The van der Waals surface area contributed by atoms with Gasteiger partial charge in [-0.05, 0) is 62.9 Å². The zero-order valence-electron chi connectivity index (χ0n) is 13.5. The predicted molar refractivity (Wildman–Crippen MR) is 92.2 cm³/mol. The topological polar surface area (TPSA) is 38.0 Å². The number of rotatable bonds is 2. The molecule has 0 unspecified atom stereocenters. The standard InChI is InChI=1S/C20H20N2O/c1-13-9-19(16-10-15-5-3-8-20(15)21-12-16)14(2)22(13)17-6-4-7-18(23)11-17/h4,6-7,9-12,23H,3,5,8H2,1-2H3. The Hall–Kier alpha value is -2.55. The van der Waals surface area contributed by atoms with E-state index in [9.17, 15) is 5.11 Å². The van der Waals surface area contributed by atoms with Crippen LogP contribution in [0.5, 0.6) is 5.75 Å². The molecule has 0 fully saturated rings. The van der Waals surface area contributed by atoms with Crippen LogP contribution in [0.1, 0.15) is 29.1 Å². The molecule has 3 aromatic rings. The number of nitrogens with zero attached hydrogens (tertiary/aromatic N) is 2. The van der Waals surface area contributed by atoms with E-state index >= 15 is 0 Å². The first-order valence-corrected chi connectivity index (χ1v) is 8.10. The van der Waals surface area contributed by atoms with Crippen molar-refractivity contribution in [1.82, 2.24) is 9.55 Å². The summed E-state index contributed by atoms with van der Waals surface area (Å²) in [6.07, 6.45) is 5.46. The molecule has 4 rings (SSSR count). The van der Waals surface area contributed by atoms with Crippen LogP contribution in [0.3, 0.4) is 0 Å². The maximum atomic E-state index is 9.76. The average molecular weight is 304 g/mol. The number of aryl methyl sites for hydroxylation is 3. The first-order chi connectivity index (χ1) is 11.1. The first-order valence-electron chi connectivity index (χ1n) is 8.10. The molecule has 116 valence electrons. The number of phenolic OH excluding ortho intramolecular Hbond substituents is 1. The molecule has 0 bridgehead atoms.